The van der Waals surface area contributed by atoms with E-state index in [0.29, 0.717) is 25.3 Å². The van der Waals surface area contributed by atoms with Crippen LogP contribution in [-0.2, 0) is 14.4 Å². The Balaban J connectivity index is 1.96. The lowest BCUT2D eigenvalue weighted by atomic mass is 9.95. The Kier molecular flexibility index (Phi) is 4.07. The molecule has 4 atom stereocenters. The lowest BCUT2D eigenvalue weighted by Gasteiger charge is -2.18. The smallest absolute Gasteiger partial charge is 0.307 e. The second-order valence-corrected chi connectivity index (χ2v) is 5.51. The van der Waals surface area contributed by atoms with Crippen molar-refractivity contribution in [2.75, 3.05) is 6.54 Å². The summed E-state index contributed by atoms with van der Waals surface area (Å²) in [6.45, 7) is 2.45. The highest BCUT2D eigenvalue weighted by molar-refractivity contribution is 5.87. The van der Waals surface area contributed by atoms with Gasteiger partial charge in [0, 0.05) is 13.0 Å². The van der Waals surface area contributed by atoms with Crippen LogP contribution in [0.25, 0.3) is 0 Å². The zero-order valence-electron chi connectivity index (χ0n) is 11.0. The van der Waals surface area contributed by atoms with Crippen molar-refractivity contribution in [3.63, 3.8) is 0 Å². The molecule has 2 aliphatic rings. The van der Waals surface area contributed by atoms with Crippen molar-refractivity contribution in [1.82, 2.24) is 10.6 Å². The molecule has 1 aliphatic heterocycles. The molecular formula is C13H20N2O4. The summed E-state index contributed by atoms with van der Waals surface area (Å²) in [5.74, 6) is -1.92. The van der Waals surface area contributed by atoms with E-state index in [1.165, 1.54) is 0 Å². The van der Waals surface area contributed by atoms with Gasteiger partial charge in [-0.1, -0.05) is 13.3 Å². The third kappa shape index (κ3) is 3.05. The second kappa shape index (κ2) is 5.59. The van der Waals surface area contributed by atoms with Crippen LogP contribution in [0.3, 0.4) is 0 Å². The first-order valence-corrected chi connectivity index (χ1v) is 6.81. The third-order valence-electron chi connectivity index (χ3n) is 4.22. The van der Waals surface area contributed by atoms with Crippen molar-refractivity contribution in [1.29, 1.82) is 0 Å². The van der Waals surface area contributed by atoms with Crippen LogP contribution in [-0.4, -0.2) is 35.5 Å². The molecule has 0 aromatic heterocycles. The van der Waals surface area contributed by atoms with Crippen molar-refractivity contribution >= 4 is 17.8 Å². The number of hydrogen-bond donors (Lipinski definition) is 3. The van der Waals surface area contributed by atoms with Gasteiger partial charge >= 0.3 is 5.97 Å². The topological polar surface area (TPSA) is 95.5 Å². The fourth-order valence-corrected chi connectivity index (χ4v) is 3.05. The summed E-state index contributed by atoms with van der Waals surface area (Å²) in [5, 5.41) is 14.6. The van der Waals surface area contributed by atoms with Crippen molar-refractivity contribution < 1.29 is 19.5 Å². The van der Waals surface area contributed by atoms with Crippen molar-refractivity contribution in [3.05, 3.63) is 0 Å². The molecule has 2 fully saturated rings. The summed E-state index contributed by atoms with van der Waals surface area (Å²) in [6.07, 6.45) is 2.39. The molecule has 1 saturated heterocycles. The Labute approximate surface area is 111 Å². The summed E-state index contributed by atoms with van der Waals surface area (Å²) >= 11 is 0. The molecular weight excluding hydrogens is 248 g/mol. The molecule has 19 heavy (non-hydrogen) atoms. The maximum Gasteiger partial charge on any atom is 0.307 e. The quantitative estimate of drug-likeness (QED) is 0.675. The molecule has 6 nitrogen and oxygen atoms in total. The highest BCUT2D eigenvalue weighted by Gasteiger charge is 2.42. The second-order valence-electron chi connectivity index (χ2n) is 5.51. The summed E-state index contributed by atoms with van der Waals surface area (Å²) in [7, 11) is 0. The van der Waals surface area contributed by atoms with Crippen LogP contribution >= 0.6 is 0 Å². The maximum atomic E-state index is 12.2. The van der Waals surface area contributed by atoms with Gasteiger partial charge in [0.25, 0.3) is 0 Å². The molecule has 0 radical (unpaired) electrons. The summed E-state index contributed by atoms with van der Waals surface area (Å²) in [6, 6.07) is -0.199. The van der Waals surface area contributed by atoms with Gasteiger partial charge in [0.05, 0.1) is 17.9 Å². The van der Waals surface area contributed by atoms with Crippen molar-refractivity contribution in [2.45, 2.75) is 38.6 Å². The highest BCUT2D eigenvalue weighted by Crippen LogP contribution is 2.38. The molecule has 0 bridgehead atoms. The van der Waals surface area contributed by atoms with Crippen molar-refractivity contribution in [2.24, 2.45) is 17.8 Å². The molecule has 2 unspecified atom stereocenters. The Morgan fingerprint density at radius 3 is 2.58 bits per heavy atom. The van der Waals surface area contributed by atoms with E-state index in [0.717, 1.165) is 6.42 Å². The van der Waals surface area contributed by atoms with E-state index in [1.807, 2.05) is 6.92 Å². The predicted molar refractivity (Wildman–Crippen MR) is 67.2 cm³/mol. The number of carbonyl (C=O) groups is 3. The number of rotatable bonds is 4. The zero-order valence-corrected chi connectivity index (χ0v) is 11.0. The van der Waals surface area contributed by atoms with E-state index in [1.54, 1.807) is 0 Å². The number of amides is 2. The lowest BCUT2D eigenvalue weighted by molar-refractivity contribution is -0.146. The van der Waals surface area contributed by atoms with Gasteiger partial charge in [-0.05, 0) is 18.8 Å². The van der Waals surface area contributed by atoms with Crippen molar-refractivity contribution in [3.8, 4) is 0 Å². The van der Waals surface area contributed by atoms with Gasteiger partial charge in [-0.3, -0.25) is 14.4 Å². The van der Waals surface area contributed by atoms with Gasteiger partial charge < -0.3 is 15.7 Å². The Morgan fingerprint density at radius 2 is 2.05 bits per heavy atom. The zero-order chi connectivity index (χ0) is 14.0. The average molecular weight is 268 g/mol. The molecule has 106 valence electrons. The number of carboxylic acids is 1. The molecule has 1 aliphatic carbocycles. The van der Waals surface area contributed by atoms with E-state index in [2.05, 4.69) is 10.6 Å². The SMILES string of the molecule is CCC1C[C@H](C(=O)NC2CNC(=O)C2)[C@H](C(=O)O)C1. The first-order chi connectivity index (χ1) is 9.01. The van der Waals surface area contributed by atoms with Gasteiger partial charge in [0.1, 0.15) is 0 Å². The molecule has 2 rings (SSSR count). The van der Waals surface area contributed by atoms with Crippen LogP contribution in [0.5, 0.6) is 0 Å². The largest absolute Gasteiger partial charge is 0.481 e. The summed E-state index contributed by atoms with van der Waals surface area (Å²) < 4.78 is 0. The van der Waals surface area contributed by atoms with E-state index in [9.17, 15) is 19.5 Å². The van der Waals surface area contributed by atoms with Gasteiger partial charge in [-0.25, -0.2) is 0 Å². The maximum absolute atomic E-state index is 12.2. The molecule has 0 spiro atoms. The number of nitrogens with one attached hydrogen (secondary N) is 2. The van der Waals surface area contributed by atoms with Gasteiger partial charge in [0.15, 0.2) is 0 Å². The average Bonchev–Trinajstić information content (AvgIpc) is 2.95. The molecule has 2 amide bonds. The predicted octanol–water partition coefficient (Wildman–Crippen LogP) is 0.128. The van der Waals surface area contributed by atoms with Crippen LogP contribution in [0, 0.1) is 17.8 Å². The normalized spacial score (nSPS) is 34.1. The minimum absolute atomic E-state index is 0.0714. The molecule has 3 N–H and O–H groups in total. The van der Waals surface area contributed by atoms with E-state index in [4.69, 9.17) is 0 Å². The molecule has 0 aromatic rings. The third-order valence-corrected chi connectivity index (χ3v) is 4.22. The van der Waals surface area contributed by atoms with E-state index < -0.39 is 17.8 Å². The summed E-state index contributed by atoms with van der Waals surface area (Å²) in [4.78, 5) is 34.5. The van der Waals surface area contributed by atoms with Crippen LogP contribution < -0.4 is 10.6 Å². The number of aliphatic carboxylic acids is 1. The number of carboxylic acid groups (broad SMARTS) is 1. The molecule has 6 heteroatoms. The van der Waals surface area contributed by atoms with E-state index >= 15 is 0 Å². The number of carbonyl (C=O) groups excluding carboxylic acids is 2. The fraction of sp³-hybridized carbons (Fsp3) is 0.769. The minimum atomic E-state index is -0.892. The van der Waals surface area contributed by atoms with Gasteiger partial charge in [0.2, 0.25) is 11.8 Å². The van der Waals surface area contributed by atoms with E-state index in [-0.39, 0.29) is 24.3 Å². The molecule has 1 heterocycles. The standard InChI is InChI=1S/C13H20N2O4/c1-2-7-3-9(10(4-7)13(18)19)12(17)15-8-5-11(16)14-6-8/h7-10H,2-6H2,1H3,(H,14,16)(H,15,17)(H,18,19)/t7?,8?,9-,10+/m0/s1. The van der Waals surface area contributed by atoms with Crippen LogP contribution in [0.2, 0.25) is 0 Å². The molecule has 0 aromatic carbocycles. The van der Waals surface area contributed by atoms with Crippen LogP contribution in [0.1, 0.15) is 32.6 Å². The van der Waals surface area contributed by atoms with Crippen LogP contribution in [0.4, 0.5) is 0 Å². The van der Waals surface area contributed by atoms with Gasteiger partial charge in [-0.15, -0.1) is 0 Å². The Hall–Kier alpha value is -1.59. The summed E-state index contributed by atoms with van der Waals surface area (Å²) in [5.41, 5.74) is 0. The Morgan fingerprint density at radius 1 is 1.37 bits per heavy atom. The van der Waals surface area contributed by atoms with Gasteiger partial charge in [-0.2, -0.15) is 0 Å². The molecule has 1 saturated carbocycles. The number of hydrogen-bond acceptors (Lipinski definition) is 3. The minimum Gasteiger partial charge on any atom is -0.481 e. The monoisotopic (exact) mass is 268 g/mol. The first-order valence-electron chi connectivity index (χ1n) is 6.81. The first kappa shape index (κ1) is 13.8. The fourth-order valence-electron chi connectivity index (χ4n) is 3.05. The lowest BCUT2D eigenvalue weighted by Crippen LogP contribution is -2.42. The van der Waals surface area contributed by atoms with Crippen LogP contribution in [0.15, 0.2) is 0 Å². The Bertz CT molecular complexity index is 396. The highest BCUT2D eigenvalue weighted by atomic mass is 16.4.